The Morgan fingerprint density at radius 2 is 2.06 bits per heavy atom. The Labute approximate surface area is 114 Å². The smallest absolute Gasteiger partial charge is 0.252 e. The second-order valence-electron chi connectivity index (χ2n) is 4.71. The summed E-state index contributed by atoms with van der Waals surface area (Å²) in [5, 5.41) is 2.95. The van der Waals surface area contributed by atoms with Crippen molar-refractivity contribution < 1.29 is 4.79 Å². The lowest BCUT2D eigenvalue weighted by molar-refractivity contribution is 0.0931. The first kappa shape index (κ1) is 15.0. The number of amides is 1. The van der Waals surface area contributed by atoms with Crippen LogP contribution in [-0.4, -0.2) is 23.3 Å². The molecular weight excluding hydrogens is 248 g/mol. The molecule has 0 radical (unpaired) electrons. The van der Waals surface area contributed by atoms with Gasteiger partial charge in [-0.2, -0.15) is 0 Å². The van der Waals surface area contributed by atoms with E-state index in [1.165, 1.54) is 0 Å². The number of carbonyl (C=O) groups is 1. The van der Waals surface area contributed by atoms with Gasteiger partial charge in [-0.15, -0.1) is 11.6 Å². The molecule has 0 aliphatic rings. The van der Waals surface area contributed by atoms with Crippen molar-refractivity contribution in [3.8, 4) is 0 Å². The quantitative estimate of drug-likeness (QED) is 0.806. The van der Waals surface area contributed by atoms with E-state index in [1.807, 2.05) is 13.0 Å². The molecule has 0 unspecified atom stereocenters. The fourth-order valence-corrected chi connectivity index (χ4v) is 2.18. The molecule has 1 rings (SSSR count). The largest absolute Gasteiger partial charge is 0.351 e. The lowest BCUT2D eigenvalue weighted by Crippen LogP contribution is -2.38. The molecule has 1 amide bonds. The Balaban J connectivity index is 2.63. The van der Waals surface area contributed by atoms with Gasteiger partial charge in [-0.25, -0.2) is 0 Å². The summed E-state index contributed by atoms with van der Waals surface area (Å²) in [5.74, 6) is 0.478. The Morgan fingerprint density at radius 3 is 2.50 bits per heavy atom. The third-order valence-electron chi connectivity index (χ3n) is 3.58. The molecular formula is C14H21ClN2O. The molecule has 100 valence electrons. The molecule has 4 heteroatoms. The highest BCUT2D eigenvalue weighted by Gasteiger charge is 2.25. The molecule has 1 aromatic heterocycles. The summed E-state index contributed by atoms with van der Waals surface area (Å²) in [4.78, 5) is 16.1. The number of nitrogens with one attached hydrogen (secondary N) is 1. The number of hydrogen-bond donors (Lipinski definition) is 1. The average Bonchev–Trinajstić information content (AvgIpc) is 2.41. The van der Waals surface area contributed by atoms with Crippen molar-refractivity contribution in [2.24, 2.45) is 5.41 Å². The third-order valence-corrected chi connectivity index (χ3v) is 4.15. The summed E-state index contributed by atoms with van der Waals surface area (Å²) in [5.41, 5.74) is 1.50. The van der Waals surface area contributed by atoms with Crippen molar-refractivity contribution in [2.45, 2.75) is 33.6 Å². The molecule has 0 bridgehead atoms. The zero-order chi connectivity index (χ0) is 13.6. The number of halogens is 1. The number of hydrogen-bond acceptors (Lipinski definition) is 2. The van der Waals surface area contributed by atoms with Crippen LogP contribution in [0.3, 0.4) is 0 Å². The number of pyridine rings is 1. The molecule has 0 atom stereocenters. The van der Waals surface area contributed by atoms with E-state index >= 15 is 0 Å². The SMILES string of the molecule is CCC(CC)(CCl)CNC(=O)c1ccc(C)nc1. The molecule has 0 aliphatic heterocycles. The monoisotopic (exact) mass is 268 g/mol. The Morgan fingerprint density at radius 1 is 1.39 bits per heavy atom. The number of aromatic nitrogens is 1. The van der Waals surface area contributed by atoms with Crippen LogP contribution in [0.4, 0.5) is 0 Å². The highest BCUT2D eigenvalue weighted by atomic mass is 35.5. The van der Waals surface area contributed by atoms with Crippen molar-refractivity contribution in [3.63, 3.8) is 0 Å². The van der Waals surface area contributed by atoms with Crippen molar-refractivity contribution in [2.75, 3.05) is 12.4 Å². The van der Waals surface area contributed by atoms with Crippen LogP contribution >= 0.6 is 11.6 Å². The minimum atomic E-state index is -0.0844. The van der Waals surface area contributed by atoms with E-state index in [9.17, 15) is 4.79 Å². The minimum Gasteiger partial charge on any atom is -0.351 e. The first-order valence-corrected chi connectivity index (χ1v) is 6.87. The topological polar surface area (TPSA) is 42.0 Å². The van der Waals surface area contributed by atoms with Crippen LogP contribution in [0.15, 0.2) is 18.3 Å². The van der Waals surface area contributed by atoms with Crippen LogP contribution in [0, 0.1) is 12.3 Å². The van der Waals surface area contributed by atoms with Gasteiger partial charge in [-0.05, 0) is 31.9 Å². The van der Waals surface area contributed by atoms with E-state index in [1.54, 1.807) is 12.3 Å². The summed E-state index contributed by atoms with van der Waals surface area (Å²) in [6.45, 7) is 6.71. The zero-order valence-corrected chi connectivity index (χ0v) is 12.0. The maximum absolute atomic E-state index is 12.0. The Hall–Kier alpha value is -1.09. The van der Waals surface area contributed by atoms with E-state index in [2.05, 4.69) is 24.1 Å². The molecule has 0 saturated carbocycles. The number of alkyl halides is 1. The molecule has 0 spiro atoms. The third kappa shape index (κ3) is 3.70. The summed E-state index contributed by atoms with van der Waals surface area (Å²) in [7, 11) is 0. The molecule has 18 heavy (non-hydrogen) atoms. The number of rotatable bonds is 6. The maximum Gasteiger partial charge on any atom is 0.252 e. The zero-order valence-electron chi connectivity index (χ0n) is 11.3. The highest BCUT2D eigenvalue weighted by molar-refractivity contribution is 6.18. The molecule has 1 aromatic rings. The summed E-state index contributed by atoms with van der Waals surface area (Å²) in [6.07, 6.45) is 3.52. The lowest BCUT2D eigenvalue weighted by atomic mass is 9.84. The van der Waals surface area contributed by atoms with E-state index in [0.717, 1.165) is 18.5 Å². The van der Waals surface area contributed by atoms with E-state index in [-0.39, 0.29) is 11.3 Å². The minimum absolute atomic E-state index is 0.00462. The fourth-order valence-electron chi connectivity index (χ4n) is 1.71. The highest BCUT2D eigenvalue weighted by Crippen LogP contribution is 2.26. The normalized spacial score (nSPS) is 11.3. The van der Waals surface area contributed by atoms with Crippen LogP contribution in [0.2, 0.25) is 0 Å². The van der Waals surface area contributed by atoms with Gasteiger partial charge in [0.05, 0.1) is 5.56 Å². The van der Waals surface area contributed by atoms with Crippen LogP contribution in [0.1, 0.15) is 42.7 Å². The summed E-state index contributed by atoms with van der Waals surface area (Å²) >= 11 is 6.01. The Kier molecular flexibility index (Phi) is 5.60. The van der Waals surface area contributed by atoms with Crippen LogP contribution in [-0.2, 0) is 0 Å². The number of carbonyl (C=O) groups excluding carboxylic acids is 1. The van der Waals surface area contributed by atoms with Gasteiger partial charge < -0.3 is 5.32 Å². The van der Waals surface area contributed by atoms with Crippen molar-refractivity contribution in [3.05, 3.63) is 29.6 Å². The fraction of sp³-hybridized carbons (Fsp3) is 0.571. The van der Waals surface area contributed by atoms with Gasteiger partial charge in [0.25, 0.3) is 5.91 Å². The van der Waals surface area contributed by atoms with Gasteiger partial charge in [0.2, 0.25) is 0 Å². The van der Waals surface area contributed by atoms with Crippen LogP contribution in [0.5, 0.6) is 0 Å². The molecule has 0 saturated heterocycles. The Bertz CT molecular complexity index is 377. The van der Waals surface area contributed by atoms with Gasteiger partial charge in [-0.3, -0.25) is 9.78 Å². The molecule has 3 nitrogen and oxygen atoms in total. The van der Waals surface area contributed by atoms with Crippen LogP contribution in [0.25, 0.3) is 0 Å². The molecule has 0 fully saturated rings. The summed E-state index contributed by atoms with van der Waals surface area (Å²) < 4.78 is 0. The predicted molar refractivity (Wildman–Crippen MR) is 75.0 cm³/mol. The van der Waals surface area contributed by atoms with Gasteiger partial charge in [-0.1, -0.05) is 13.8 Å². The van der Waals surface area contributed by atoms with E-state index in [4.69, 9.17) is 11.6 Å². The van der Waals surface area contributed by atoms with Crippen molar-refractivity contribution in [1.82, 2.24) is 10.3 Å². The number of nitrogens with zero attached hydrogens (tertiary/aromatic N) is 1. The maximum atomic E-state index is 12.0. The van der Waals surface area contributed by atoms with Gasteiger partial charge >= 0.3 is 0 Å². The van der Waals surface area contributed by atoms with Gasteiger partial charge in [0.15, 0.2) is 0 Å². The second kappa shape index (κ2) is 6.74. The second-order valence-corrected chi connectivity index (χ2v) is 4.98. The van der Waals surface area contributed by atoms with Gasteiger partial charge in [0, 0.05) is 29.7 Å². The average molecular weight is 269 g/mol. The number of aryl methyl sites for hydroxylation is 1. The standard InChI is InChI=1S/C14H21ClN2O/c1-4-14(5-2,9-15)10-17-13(18)12-7-6-11(3)16-8-12/h6-8H,4-5,9-10H2,1-3H3,(H,17,18). The summed E-state index contributed by atoms with van der Waals surface area (Å²) in [6, 6.07) is 3.63. The molecule has 1 N–H and O–H groups in total. The van der Waals surface area contributed by atoms with Crippen LogP contribution < -0.4 is 5.32 Å². The van der Waals surface area contributed by atoms with Gasteiger partial charge in [0.1, 0.15) is 0 Å². The molecule has 0 aromatic carbocycles. The first-order chi connectivity index (χ1) is 8.56. The van der Waals surface area contributed by atoms with E-state index < -0.39 is 0 Å². The van der Waals surface area contributed by atoms with Crippen molar-refractivity contribution >= 4 is 17.5 Å². The predicted octanol–water partition coefficient (Wildman–Crippen LogP) is 3.17. The van der Waals surface area contributed by atoms with E-state index in [0.29, 0.717) is 18.0 Å². The van der Waals surface area contributed by atoms with Crippen molar-refractivity contribution in [1.29, 1.82) is 0 Å². The first-order valence-electron chi connectivity index (χ1n) is 6.33. The molecule has 1 heterocycles. The lowest BCUT2D eigenvalue weighted by Gasteiger charge is -2.29. The molecule has 0 aliphatic carbocycles.